The summed E-state index contributed by atoms with van der Waals surface area (Å²) in [5.41, 5.74) is 1.42. The second-order valence-corrected chi connectivity index (χ2v) is 14.6. The maximum Gasteiger partial charge on any atom is 0.0704 e. The SMILES string of the molecule is COC[C@@H]1CCCN1/N=C(/CC(C)C)C[Si](C)(C)C(C)(C)C. The van der Waals surface area contributed by atoms with E-state index in [1.54, 1.807) is 7.11 Å². The van der Waals surface area contributed by atoms with Crippen LogP contribution >= 0.6 is 0 Å². The molecular weight excluding hydrogens is 288 g/mol. The van der Waals surface area contributed by atoms with Crippen LogP contribution in [0.1, 0.15) is 53.9 Å². The Hall–Kier alpha value is -0.353. The van der Waals surface area contributed by atoms with Crippen LogP contribution < -0.4 is 0 Å². The number of hydrogen-bond donors (Lipinski definition) is 0. The Morgan fingerprint density at radius 1 is 1.32 bits per heavy atom. The molecule has 1 fully saturated rings. The van der Waals surface area contributed by atoms with Gasteiger partial charge in [0.15, 0.2) is 0 Å². The van der Waals surface area contributed by atoms with Gasteiger partial charge in [0.25, 0.3) is 0 Å². The van der Waals surface area contributed by atoms with Crippen LogP contribution in [0.3, 0.4) is 0 Å². The number of hydrogen-bond acceptors (Lipinski definition) is 3. The highest BCUT2D eigenvalue weighted by Gasteiger charge is 2.36. The van der Waals surface area contributed by atoms with Crippen molar-refractivity contribution in [2.24, 2.45) is 11.0 Å². The van der Waals surface area contributed by atoms with Crippen molar-refractivity contribution in [1.29, 1.82) is 0 Å². The van der Waals surface area contributed by atoms with Crippen LogP contribution in [-0.2, 0) is 4.74 Å². The number of methoxy groups -OCH3 is 1. The molecule has 0 N–H and O–H groups in total. The van der Waals surface area contributed by atoms with Crippen LogP contribution in [0.25, 0.3) is 0 Å². The number of hydrazone groups is 1. The summed E-state index contributed by atoms with van der Waals surface area (Å²) in [6.45, 7) is 18.7. The minimum Gasteiger partial charge on any atom is -0.382 e. The Morgan fingerprint density at radius 3 is 2.45 bits per heavy atom. The molecule has 0 aromatic carbocycles. The number of rotatable bonds is 7. The quantitative estimate of drug-likeness (QED) is 0.485. The van der Waals surface area contributed by atoms with Crippen molar-refractivity contribution in [1.82, 2.24) is 5.01 Å². The van der Waals surface area contributed by atoms with Gasteiger partial charge >= 0.3 is 0 Å². The molecule has 0 unspecified atom stereocenters. The predicted octanol–water partition coefficient (Wildman–Crippen LogP) is 5.01. The Bertz CT molecular complexity index is 372. The minimum atomic E-state index is -1.34. The van der Waals surface area contributed by atoms with Crippen LogP contribution in [0, 0.1) is 5.92 Å². The lowest BCUT2D eigenvalue weighted by molar-refractivity contribution is 0.117. The lowest BCUT2D eigenvalue weighted by Gasteiger charge is -2.38. The van der Waals surface area contributed by atoms with Crippen molar-refractivity contribution in [3.63, 3.8) is 0 Å². The van der Waals surface area contributed by atoms with E-state index in [-0.39, 0.29) is 0 Å². The van der Waals surface area contributed by atoms with Gasteiger partial charge in [-0.05, 0) is 36.3 Å². The molecule has 0 amide bonds. The third-order valence-electron chi connectivity index (χ3n) is 5.30. The van der Waals surface area contributed by atoms with Gasteiger partial charge in [-0.15, -0.1) is 0 Å². The largest absolute Gasteiger partial charge is 0.382 e. The van der Waals surface area contributed by atoms with E-state index in [0.717, 1.165) is 19.6 Å². The molecule has 1 atom stereocenters. The van der Waals surface area contributed by atoms with E-state index in [2.05, 4.69) is 52.7 Å². The van der Waals surface area contributed by atoms with Gasteiger partial charge < -0.3 is 4.74 Å². The molecule has 0 aliphatic carbocycles. The van der Waals surface area contributed by atoms with Crippen LogP contribution in [0.5, 0.6) is 0 Å². The fourth-order valence-electron chi connectivity index (χ4n) is 2.89. The van der Waals surface area contributed by atoms with Gasteiger partial charge in [-0.1, -0.05) is 47.7 Å². The predicted molar refractivity (Wildman–Crippen MR) is 100 cm³/mol. The highest BCUT2D eigenvalue weighted by molar-refractivity contribution is 6.82. The Labute approximate surface area is 139 Å². The molecule has 1 aliphatic rings. The van der Waals surface area contributed by atoms with Gasteiger partial charge in [0.1, 0.15) is 0 Å². The smallest absolute Gasteiger partial charge is 0.0704 e. The third-order valence-corrected chi connectivity index (χ3v) is 10.6. The normalized spacial score (nSPS) is 21.0. The molecule has 0 aromatic rings. The Balaban J connectivity index is 2.90. The summed E-state index contributed by atoms with van der Waals surface area (Å²) in [6, 6.07) is 1.69. The zero-order valence-corrected chi connectivity index (χ0v) is 17.2. The monoisotopic (exact) mass is 326 g/mol. The molecule has 1 saturated heterocycles. The summed E-state index contributed by atoms with van der Waals surface area (Å²) < 4.78 is 5.37. The average Bonchev–Trinajstić information content (AvgIpc) is 2.74. The Kier molecular flexibility index (Phi) is 7.12. The first-order chi connectivity index (χ1) is 10.1. The van der Waals surface area contributed by atoms with E-state index in [1.165, 1.54) is 24.6 Å². The van der Waals surface area contributed by atoms with Gasteiger partial charge in [-0.3, -0.25) is 5.01 Å². The van der Waals surface area contributed by atoms with Gasteiger partial charge in [0.2, 0.25) is 0 Å². The zero-order chi connectivity index (χ0) is 17.0. The summed E-state index contributed by atoms with van der Waals surface area (Å²) in [6.07, 6.45) is 3.59. The van der Waals surface area contributed by atoms with E-state index < -0.39 is 8.07 Å². The molecular formula is C18H38N2OSi. The lowest BCUT2D eigenvalue weighted by Crippen LogP contribution is -2.40. The van der Waals surface area contributed by atoms with Crippen LogP contribution in [-0.4, -0.2) is 45.1 Å². The molecule has 3 nitrogen and oxygen atoms in total. The third kappa shape index (κ3) is 5.69. The van der Waals surface area contributed by atoms with E-state index in [0.29, 0.717) is 17.0 Å². The molecule has 1 heterocycles. The van der Waals surface area contributed by atoms with Crippen LogP contribution in [0.15, 0.2) is 5.10 Å². The van der Waals surface area contributed by atoms with E-state index in [9.17, 15) is 0 Å². The van der Waals surface area contributed by atoms with Crippen molar-refractivity contribution in [2.75, 3.05) is 20.3 Å². The van der Waals surface area contributed by atoms with Gasteiger partial charge in [0, 0.05) is 19.4 Å². The van der Waals surface area contributed by atoms with Gasteiger partial charge in [-0.2, -0.15) is 5.10 Å². The molecule has 0 spiro atoms. The lowest BCUT2D eigenvalue weighted by atomic mass is 10.1. The fraction of sp³-hybridized carbons (Fsp3) is 0.944. The van der Waals surface area contributed by atoms with Crippen molar-refractivity contribution in [2.45, 2.75) is 84.1 Å². The molecule has 0 saturated carbocycles. The van der Waals surface area contributed by atoms with Crippen molar-refractivity contribution >= 4 is 13.8 Å². The zero-order valence-electron chi connectivity index (χ0n) is 16.2. The second kappa shape index (κ2) is 7.96. The minimum absolute atomic E-state index is 0.418. The summed E-state index contributed by atoms with van der Waals surface area (Å²) in [4.78, 5) is 0. The van der Waals surface area contributed by atoms with Gasteiger partial charge in [-0.25, -0.2) is 0 Å². The molecule has 0 radical (unpaired) electrons. The van der Waals surface area contributed by atoms with E-state index in [1.807, 2.05) is 0 Å². The molecule has 130 valence electrons. The summed E-state index contributed by atoms with van der Waals surface area (Å²) in [5, 5.41) is 7.85. The maximum atomic E-state index is 5.37. The van der Waals surface area contributed by atoms with Gasteiger partial charge in [0.05, 0.1) is 20.7 Å². The van der Waals surface area contributed by atoms with Crippen molar-refractivity contribution in [3.8, 4) is 0 Å². The maximum absolute atomic E-state index is 5.37. The summed E-state index contributed by atoms with van der Waals surface area (Å²) in [7, 11) is 0.461. The first-order valence-electron chi connectivity index (χ1n) is 8.89. The molecule has 22 heavy (non-hydrogen) atoms. The highest BCUT2D eigenvalue weighted by Crippen LogP contribution is 2.39. The standard InChI is InChI=1S/C18H38N2OSi/c1-15(2)12-16(14-22(7,8)18(3,4)5)19-20-11-9-10-17(20)13-21-6/h15,17H,9-14H2,1-8H3/b19-16-/t17-/m0/s1. The molecule has 0 bridgehead atoms. The van der Waals surface area contributed by atoms with E-state index in [4.69, 9.17) is 9.84 Å². The highest BCUT2D eigenvalue weighted by atomic mass is 28.3. The van der Waals surface area contributed by atoms with Crippen molar-refractivity contribution < 1.29 is 4.74 Å². The van der Waals surface area contributed by atoms with Crippen LogP contribution in [0.4, 0.5) is 0 Å². The summed E-state index contributed by atoms with van der Waals surface area (Å²) >= 11 is 0. The number of ether oxygens (including phenoxy) is 1. The molecule has 0 aromatic heterocycles. The van der Waals surface area contributed by atoms with E-state index >= 15 is 0 Å². The first-order valence-corrected chi connectivity index (χ1v) is 12.1. The summed E-state index contributed by atoms with van der Waals surface area (Å²) in [5.74, 6) is 0.673. The Morgan fingerprint density at radius 2 is 1.95 bits per heavy atom. The first kappa shape index (κ1) is 19.7. The fourth-order valence-corrected chi connectivity index (χ4v) is 4.66. The van der Waals surface area contributed by atoms with Crippen molar-refractivity contribution in [3.05, 3.63) is 0 Å². The molecule has 4 heteroatoms. The van der Waals surface area contributed by atoms with Crippen LogP contribution in [0.2, 0.25) is 24.2 Å². The molecule has 1 rings (SSSR count). The average molecular weight is 327 g/mol. The molecule has 1 aliphatic heterocycles. The number of nitrogens with zero attached hydrogens (tertiary/aromatic N) is 2. The topological polar surface area (TPSA) is 24.8 Å². The second-order valence-electron chi connectivity index (χ2n) is 8.99.